The maximum absolute atomic E-state index is 12.5. The monoisotopic (exact) mass is 494 g/mol. The third kappa shape index (κ3) is 6.56. The number of aryl methyl sites for hydroxylation is 1. The van der Waals surface area contributed by atoms with Gasteiger partial charge in [-0.15, -0.1) is 0 Å². The molecule has 1 heterocycles. The molecule has 11 heteroatoms. The number of nitrogens with one attached hydrogen (secondary N) is 2. The Morgan fingerprint density at radius 3 is 2.50 bits per heavy atom. The number of ether oxygens (including phenoxy) is 1. The van der Waals surface area contributed by atoms with Gasteiger partial charge in [0.1, 0.15) is 12.1 Å². The molecule has 0 saturated carbocycles. The molecule has 3 aromatic rings. The minimum atomic E-state index is -3.87. The van der Waals surface area contributed by atoms with Crippen LogP contribution in [0, 0.1) is 0 Å². The molecule has 0 aliphatic rings. The number of hydrogen-bond donors (Lipinski definition) is 2. The van der Waals surface area contributed by atoms with Crippen molar-refractivity contribution in [2.45, 2.75) is 24.2 Å². The van der Waals surface area contributed by atoms with Gasteiger partial charge in [0.25, 0.3) is 10.0 Å². The first kappa shape index (κ1) is 23.8. The summed E-state index contributed by atoms with van der Waals surface area (Å²) in [6.45, 7) is 0. The number of anilines is 2. The van der Waals surface area contributed by atoms with Gasteiger partial charge in [-0.2, -0.15) is 0 Å². The molecule has 0 fully saturated rings. The van der Waals surface area contributed by atoms with Gasteiger partial charge < -0.3 is 10.1 Å². The van der Waals surface area contributed by atoms with Crippen molar-refractivity contribution in [3.05, 3.63) is 70.5 Å². The SMILES string of the molecule is COc1cc(NS(=O)(=O)c2ccc(NC(=O)CCCc3ccc(Cl)cc3Cl)cc2)ncn1. The molecule has 2 N–H and O–H groups in total. The molecule has 0 aliphatic heterocycles. The van der Waals surface area contributed by atoms with E-state index < -0.39 is 10.0 Å². The van der Waals surface area contributed by atoms with Gasteiger partial charge in [0.2, 0.25) is 11.8 Å². The van der Waals surface area contributed by atoms with Crippen molar-refractivity contribution < 1.29 is 17.9 Å². The van der Waals surface area contributed by atoms with Crippen LogP contribution in [0.4, 0.5) is 11.5 Å². The van der Waals surface area contributed by atoms with Crippen molar-refractivity contribution in [2.75, 3.05) is 17.1 Å². The Morgan fingerprint density at radius 2 is 1.81 bits per heavy atom. The van der Waals surface area contributed by atoms with E-state index in [0.717, 1.165) is 5.56 Å². The highest BCUT2D eigenvalue weighted by molar-refractivity contribution is 7.92. The fourth-order valence-electron chi connectivity index (χ4n) is 2.81. The van der Waals surface area contributed by atoms with Crippen LogP contribution in [-0.2, 0) is 21.2 Å². The number of benzene rings is 2. The van der Waals surface area contributed by atoms with Crippen molar-refractivity contribution >= 4 is 50.6 Å². The third-order valence-electron chi connectivity index (χ3n) is 4.40. The summed E-state index contributed by atoms with van der Waals surface area (Å²) in [6.07, 6.45) is 2.72. The lowest BCUT2D eigenvalue weighted by atomic mass is 10.1. The molecule has 1 aromatic heterocycles. The molecule has 0 aliphatic carbocycles. The van der Waals surface area contributed by atoms with Crippen molar-refractivity contribution in [1.82, 2.24) is 9.97 Å². The highest BCUT2D eigenvalue weighted by atomic mass is 35.5. The second-order valence-corrected chi connectivity index (χ2v) is 9.24. The molecule has 8 nitrogen and oxygen atoms in total. The molecule has 0 unspecified atom stereocenters. The summed E-state index contributed by atoms with van der Waals surface area (Å²) in [4.78, 5) is 19.9. The fraction of sp³-hybridized carbons (Fsp3) is 0.190. The Hall–Kier alpha value is -2.88. The van der Waals surface area contributed by atoms with Gasteiger partial charge in [0.05, 0.1) is 12.0 Å². The number of halogens is 2. The molecule has 0 saturated heterocycles. The quantitative estimate of drug-likeness (QED) is 0.451. The Bertz CT molecular complexity index is 1200. The Balaban J connectivity index is 1.54. The zero-order valence-corrected chi connectivity index (χ0v) is 19.3. The lowest BCUT2D eigenvalue weighted by Gasteiger charge is -2.10. The topological polar surface area (TPSA) is 110 Å². The molecular weight excluding hydrogens is 475 g/mol. The summed E-state index contributed by atoms with van der Waals surface area (Å²) >= 11 is 12.0. The lowest BCUT2D eigenvalue weighted by molar-refractivity contribution is -0.116. The van der Waals surface area contributed by atoms with Crippen LogP contribution in [-0.4, -0.2) is 31.4 Å². The minimum absolute atomic E-state index is 0.0189. The Kier molecular flexibility index (Phi) is 7.89. The predicted octanol–water partition coefficient (Wildman–Crippen LogP) is 4.55. The van der Waals surface area contributed by atoms with Crippen molar-refractivity contribution in [1.29, 1.82) is 0 Å². The van der Waals surface area contributed by atoms with Gasteiger partial charge in [-0.25, -0.2) is 18.4 Å². The van der Waals surface area contributed by atoms with Gasteiger partial charge in [-0.1, -0.05) is 29.3 Å². The minimum Gasteiger partial charge on any atom is -0.481 e. The zero-order valence-electron chi connectivity index (χ0n) is 17.0. The summed E-state index contributed by atoms with van der Waals surface area (Å²) in [5, 5.41) is 3.89. The number of aromatic nitrogens is 2. The van der Waals surface area contributed by atoms with Crippen molar-refractivity contribution in [2.24, 2.45) is 0 Å². The smallest absolute Gasteiger partial charge is 0.263 e. The molecule has 0 bridgehead atoms. The average molecular weight is 495 g/mol. The highest BCUT2D eigenvalue weighted by Gasteiger charge is 2.16. The number of methoxy groups -OCH3 is 1. The van der Waals surface area contributed by atoms with E-state index >= 15 is 0 Å². The first-order valence-corrected chi connectivity index (χ1v) is 11.7. The average Bonchev–Trinajstić information content (AvgIpc) is 2.75. The lowest BCUT2D eigenvalue weighted by Crippen LogP contribution is -2.15. The standard InChI is InChI=1S/C21H20Cl2N4O4S/c1-31-21-12-19(24-13-25-21)27-32(29,30)17-9-7-16(8-10-17)26-20(28)4-2-3-14-5-6-15(22)11-18(14)23/h5-13H,2-4H2,1H3,(H,26,28)(H,24,25,27). The van der Waals surface area contributed by atoms with E-state index in [1.807, 2.05) is 6.07 Å². The van der Waals surface area contributed by atoms with Crippen LogP contribution in [0.5, 0.6) is 5.88 Å². The van der Waals surface area contributed by atoms with Gasteiger partial charge in [0.15, 0.2) is 0 Å². The van der Waals surface area contributed by atoms with Crippen LogP contribution in [0.25, 0.3) is 0 Å². The van der Waals surface area contributed by atoms with E-state index in [-0.39, 0.29) is 28.9 Å². The largest absolute Gasteiger partial charge is 0.481 e. The van der Waals surface area contributed by atoms with Crippen LogP contribution >= 0.6 is 23.2 Å². The molecular formula is C21H20Cl2N4O4S. The number of rotatable bonds is 9. The summed E-state index contributed by atoms with van der Waals surface area (Å²) in [6, 6.07) is 12.5. The van der Waals surface area contributed by atoms with E-state index in [1.165, 1.54) is 43.8 Å². The molecule has 32 heavy (non-hydrogen) atoms. The number of sulfonamides is 1. The molecule has 3 rings (SSSR count). The van der Waals surface area contributed by atoms with Crippen LogP contribution in [0.1, 0.15) is 18.4 Å². The summed E-state index contributed by atoms with van der Waals surface area (Å²) in [5.74, 6) is 0.126. The predicted molar refractivity (Wildman–Crippen MR) is 124 cm³/mol. The molecule has 0 spiro atoms. The van der Waals surface area contributed by atoms with E-state index in [1.54, 1.807) is 12.1 Å². The van der Waals surface area contributed by atoms with Gasteiger partial charge in [-0.05, 0) is 54.8 Å². The zero-order chi connectivity index (χ0) is 23.1. The number of nitrogens with zero attached hydrogens (tertiary/aromatic N) is 2. The van der Waals surface area contributed by atoms with E-state index in [2.05, 4.69) is 20.0 Å². The number of hydrogen-bond acceptors (Lipinski definition) is 6. The Morgan fingerprint density at radius 1 is 1.06 bits per heavy atom. The van der Waals surface area contributed by atoms with E-state index in [4.69, 9.17) is 27.9 Å². The molecule has 0 atom stereocenters. The van der Waals surface area contributed by atoms with Crippen molar-refractivity contribution in [3.8, 4) is 5.88 Å². The first-order chi connectivity index (χ1) is 15.3. The van der Waals surface area contributed by atoms with Crippen LogP contribution in [0.15, 0.2) is 59.8 Å². The second kappa shape index (κ2) is 10.6. The summed E-state index contributed by atoms with van der Waals surface area (Å²) in [5.41, 5.74) is 1.41. The molecule has 168 valence electrons. The highest BCUT2D eigenvalue weighted by Crippen LogP contribution is 2.23. The van der Waals surface area contributed by atoms with Crippen molar-refractivity contribution in [3.63, 3.8) is 0 Å². The maximum Gasteiger partial charge on any atom is 0.263 e. The summed E-state index contributed by atoms with van der Waals surface area (Å²) in [7, 11) is -2.45. The van der Waals surface area contributed by atoms with Crippen LogP contribution < -0.4 is 14.8 Å². The molecule has 1 amide bonds. The Labute approximate surface area is 196 Å². The number of carbonyl (C=O) groups excluding carboxylic acids is 1. The van der Waals surface area contributed by atoms with Crippen LogP contribution in [0.3, 0.4) is 0 Å². The second-order valence-electron chi connectivity index (χ2n) is 6.71. The third-order valence-corrected chi connectivity index (χ3v) is 6.36. The number of carbonyl (C=O) groups is 1. The van der Waals surface area contributed by atoms with E-state index in [9.17, 15) is 13.2 Å². The maximum atomic E-state index is 12.5. The van der Waals surface area contributed by atoms with Gasteiger partial charge >= 0.3 is 0 Å². The van der Waals surface area contributed by atoms with Gasteiger partial charge in [-0.3, -0.25) is 9.52 Å². The fourth-order valence-corrected chi connectivity index (χ4v) is 4.31. The first-order valence-electron chi connectivity index (χ1n) is 9.49. The molecule has 2 aromatic carbocycles. The van der Waals surface area contributed by atoms with Gasteiger partial charge in [0, 0.05) is 28.2 Å². The molecule has 0 radical (unpaired) electrons. The van der Waals surface area contributed by atoms with E-state index in [0.29, 0.717) is 28.6 Å². The van der Waals surface area contributed by atoms with Crippen LogP contribution in [0.2, 0.25) is 10.0 Å². The normalized spacial score (nSPS) is 11.1. The summed E-state index contributed by atoms with van der Waals surface area (Å²) < 4.78 is 32.4. The number of amides is 1.